The summed E-state index contributed by atoms with van der Waals surface area (Å²) in [5.41, 5.74) is 2.66. The molecule has 1 amide bonds. The fourth-order valence-corrected chi connectivity index (χ4v) is 4.39. The van der Waals surface area contributed by atoms with E-state index in [-0.39, 0.29) is 11.8 Å². The first-order valence-corrected chi connectivity index (χ1v) is 11.5. The average Bonchev–Trinajstić information content (AvgIpc) is 3.16. The molecule has 0 fully saturated rings. The van der Waals surface area contributed by atoms with E-state index in [1.807, 2.05) is 55.6 Å². The maximum Gasteiger partial charge on any atom is 0.253 e. The van der Waals surface area contributed by atoms with E-state index in [2.05, 4.69) is 35.5 Å². The molecule has 0 N–H and O–H groups in total. The van der Waals surface area contributed by atoms with Gasteiger partial charge < -0.3 is 4.90 Å². The lowest BCUT2D eigenvalue weighted by Gasteiger charge is -2.18. The highest BCUT2D eigenvalue weighted by Crippen LogP contribution is 2.30. The Kier molecular flexibility index (Phi) is 7.56. The number of thioether (sulfide) groups is 1. The summed E-state index contributed by atoms with van der Waals surface area (Å²) >= 11 is 7.80. The van der Waals surface area contributed by atoms with E-state index in [0.29, 0.717) is 10.8 Å². The highest BCUT2D eigenvalue weighted by molar-refractivity contribution is 7.98. The van der Waals surface area contributed by atoms with E-state index in [4.69, 9.17) is 11.6 Å². The summed E-state index contributed by atoms with van der Waals surface area (Å²) in [5, 5.41) is 10.3. The predicted octanol–water partition coefficient (Wildman–Crippen LogP) is 5.82. The molecule has 1 heterocycles. The van der Waals surface area contributed by atoms with Crippen molar-refractivity contribution >= 4 is 29.3 Å². The lowest BCUT2D eigenvalue weighted by Crippen LogP contribution is -2.28. The molecule has 0 radical (unpaired) electrons. The number of hydrogen-bond donors (Lipinski definition) is 0. The van der Waals surface area contributed by atoms with Crippen molar-refractivity contribution in [2.75, 3.05) is 13.6 Å². The minimum atomic E-state index is 0.0484. The van der Waals surface area contributed by atoms with Crippen LogP contribution in [0.4, 0.5) is 0 Å². The van der Waals surface area contributed by atoms with E-state index in [9.17, 15) is 4.79 Å². The van der Waals surface area contributed by atoms with Gasteiger partial charge in [0.2, 0.25) is 0 Å². The van der Waals surface area contributed by atoms with Crippen molar-refractivity contribution in [3.63, 3.8) is 0 Å². The molecule has 3 aromatic rings. The maximum atomic E-state index is 12.9. The summed E-state index contributed by atoms with van der Waals surface area (Å²) in [4.78, 5) is 14.6. The average molecular weight is 443 g/mol. The van der Waals surface area contributed by atoms with Crippen LogP contribution < -0.4 is 0 Å². The van der Waals surface area contributed by atoms with Gasteiger partial charge >= 0.3 is 0 Å². The van der Waals surface area contributed by atoms with Gasteiger partial charge in [0.15, 0.2) is 5.16 Å². The summed E-state index contributed by atoms with van der Waals surface area (Å²) in [6.07, 6.45) is 0.930. The van der Waals surface area contributed by atoms with Crippen LogP contribution in [-0.4, -0.2) is 39.2 Å². The minimum Gasteiger partial charge on any atom is -0.342 e. The molecule has 0 aliphatic carbocycles. The van der Waals surface area contributed by atoms with Crippen molar-refractivity contribution in [1.29, 1.82) is 0 Å². The Morgan fingerprint density at radius 3 is 2.63 bits per heavy atom. The number of rotatable bonds is 8. The third kappa shape index (κ3) is 5.05. The van der Waals surface area contributed by atoms with Crippen LogP contribution in [0.5, 0.6) is 0 Å². The van der Waals surface area contributed by atoms with E-state index < -0.39 is 0 Å². The molecule has 5 nitrogen and oxygen atoms in total. The number of carbonyl (C=O) groups is 1. The smallest absolute Gasteiger partial charge is 0.253 e. The number of hydrogen-bond acceptors (Lipinski definition) is 4. The molecule has 7 heteroatoms. The summed E-state index contributed by atoms with van der Waals surface area (Å²) in [6, 6.07) is 15.5. The van der Waals surface area contributed by atoms with Crippen molar-refractivity contribution in [2.24, 2.45) is 0 Å². The van der Waals surface area contributed by atoms with Crippen LogP contribution in [0.2, 0.25) is 5.02 Å². The zero-order valence-electron chi connectivity index (χ0n) is 17.8. The van der Waals surface area contributed by atoms with Gasteiger partial charge in [-0.25, -0.2) is 0 Å². The van der Waals surface area contributed by atoms with Crippen LogP contribution in [0, 0.1) is 0 Å². The van der Waals surface area contributed by atoms with Gasteiger partial charge in [-0.15, -0.1) is 10.2 Å². The summed E-state index contributed by atoms with van der Waals surface area (Å²) in [6.45, 7) is 7.00. The third-order valence-electron chi connectivity index (χ3n) is 4.75. The fraction of sp³-hybridized carbons (Fsp3) is 0.348. The molecule has 30 heavy (non-hydrogen) atoms. The van der Waals surface area contributed by atoms with Crippen LogP contribution in [0.25, 0.3) is 5.69 Å². The number of amides is 1. The molecule has 0 unspecified atom stereocenters. The van der Waals surface area contributed by atoms with Gasteiger partial charge in [-0.3, -0.25) is 9.36 Å². The highest BCUT2D eigenvalue weighted by atomic mass is 35.5. The first kappa shape index (κ1) is 22.4. The standard InChI is InChI=1S/C23H27ClN4OS/c1-5-13-27(4)22(29)20-12-7-6-9-17(20)15-30-23-26-25-21(16(2)3)28(23)19-11-8-10-18(24)14-19/h6-12,14,16H,5,13,15H2,1-4H3. The zero-order chi connectivity index (χ0) is 21.7. The molecule has 3 rings (SSSR count). The van der Waals surface area contributed by atoms with Gasteiger partial charge in [0, 0.05) is 35.8 Å². The molecular formula is C23H27ClN4OS. The Labute approximate surface area is 187 Å². The highest BCUT2D eigenvalue weighted by Gasteiger charge is 2.19. The van der Waals surface area contributed by atoms with Gasteiger partial charge in [-0.2, -0.15) is 0 Å². The molecule has 2 aromatic carbocycles. The molecule has 0 spiro atoms. The topological polar surface area (TPSA) is 51.0 Å². The second-order valence-corrected chi connectivity index (χ2v) is 8.86. The Morgan fingerprint density at radius 2 is 1.93 bits per heavy atom. The summed E-state index contributed by atoms with van der Waals surface area (Å²) in [5.74, 6) is 1.76. The van der Waals surface area contributed by atoms with E-state index in [0.717, 1.165) is 40.8 Å². The van der Waals surface area contributed by atoms with Gasteiger partial charge in [0.1, 0.15) is 5.82 Å². The van der Waals surface area contributed by atoms with Gasteiger partial charge in [-0.1, -0.05) is 68.4 Å². The monoisotopic (exact) mass is 442 g/mol. The molecule has 0 saturated heterocycles. The van der Waals surface area contributed by atoms with Gasteiger partial charge in [0.25, 0.3) is 5.91 Å². The van der Waals surface area contributed by atoms with Crippen LogP contribution in [0.1, 0.15) is 54.9 Å². The second kappa shape index (κ2) is 10.1. The Balaban J connectivity index is 1.90. The first-order valence-electron chi connectivity index (χ1n) is 10.1. The molecule has 158 valence electrons. The SMILES string of the molecule is CCCN(C)C(=O)c1ccccc1CSc1nnc(C(C)C)n1-c1cccc(Cl)c1. The molecule has 1 aromatic heterocycles. The van der Waals surface area contributed by atoms with E-state index in [1.54, 1.807) is 16.7 Å². The molecule has 0 atom stereocenters. The Hall–Kier alpha value is -2.31. The fourth-order valence-electron chi connectivity index (χ4n) is 3.25. The largest absolute Gasteiger partial charge is 0.342 e. The number of benzene rings is 2. The third-order valence-corrected chi connectivity index (χ3v) is 5.96. The van der Waals surface area contributed by atoms with E-state index in [1.165, 1.54) is 0 Å². The lowest BCUT2D eigenvalue weighted by molar-refractivity contribution is 0.0794. The quantitative estimate of drug-likeness (QED) is 0.412. The zero-order valence-corrected chi connectivity index (χ0v) is 19.4. The Morgan fingerprint density at radius 1 is 1.17 bits per heavy atom. The van der Waals surface area contributed by atoms with Crippen LogP contribution in [-0.2, 0) is 5.75 Å². The van der Waals surface area contributed by atoms with Crippen molar-refractivity contribution in [1.82, 2.24) is 19.7 Å². The summed E-state index contributed by atoms with van der Waals surface area (Å²) < 4.78 is 2.05. The molecule has 0 bridgehead atoms. The number of aromatic nitrogens is 3. The lowest BCUT2D eigenvalue weighted by atomic mass is 10.1. The van der Waals surface area contributed by atoms with Crippen LogP contribution in [0.3, 0.4) is 0 Å². The molecule has 0 aliphatic rings. The molecule has 0 aliphatic heterocycles. The first-order chi connectivity index (χ1) is 14.4. The second-order valence-electron chi connectivity index (χ2n) is 7.48. The molecule has 0 saturated carbocycles. The predicted molar refractivity (Wildman–Crippen MR) is 124 cm³/mol. The number of carbonyl (C=O) groups excluding carboxylic acids is 1. The van der Waals surface area contributed by atoms with Crippen LogP contribution >= 0.6 is 23.4 Å². The number of nitrogens with zero attached hydrogens (tertiary/aromatic N) is 4. The van der Waals surface area contributed by atoms with Crippen molar-refractivity contribution < 1.29 is 4.79 Å². The number of halogens is 1. The van der Waals surface area contributed by atoms with Gasteiger partial charge in [0.05, 0.1) is 5.69 Å². The Bertz CT molecular complexity index is 1020. The van der Waals surface area contributed by atoms with E-state index >= 15 is 0 Å². The van der Waals surface area contributed by atoms with Gasteiger partial charge in [-0.05, 0) is 36.2 Å². The maximum absolute atomic E-state index is 12.9. The van der Waals surface area contributed by atoms with Crippen molar-refractivity contribution in [3.8, 4) is 5.69 Å². The summed E-state index contributed by atoms with van der Waals surface area (Å²) in [7, 11) is 1.85. The van der Waals surface area contributed by atoms with Crippen molar-refractivity contribution in [3.05, 3.63) is 70.5 Å². The molecular weight excluding hydrogens is 416 g/mol. The van der Waals surface area contributed by atoms with Crippen molar-refractivity contribution in [2.45, 2.75) is 44.0 Å². The normalized spacial score (nSPS) is 11.1. The minimum absolute atomic E-state index is 0.0484. The van der Waals surface area contributed by atoms with Crippen LogP contribution in [0.15, 0.2) is 53.7 Å².